The van der Waals surface area contributed by atoms with Gasteiger partial charge in [0.05, 0.1) is 0 Å². The van der Waals surface area contributed by atoms with E-state index in [2.05, 4.69) is 68.1 Å². The second-order valence-corrected chi connectivity index (χ2v) is 14.7. The molecular formula is C17H38O2Si. The molecule has 0 bridgehead atoms. The van der Waals surface area contributed by atoms with Gasteiger partial charge >= 0.3 is 0 Å². The van der Waals surface area contributed by atoms with Crippen molar-refractivity contribution in [1.29, 1.82) is 0 Å². The van der Waals surface area contributed by atoms with E-state index in [0.29, 0.717) is 18.4 Å². The van der Waals surface area contributed by atoms with Gasteiger partial charge in [0.25, 0.3) is 0 Å². The molecular weight excluding hydrogens is 264 g/mol. The van der Waals surface area contributed by atoms with E-state index < -0.39 is 14.4 Å². The van der Waals surface area contributed by atoms with E-state index in [1.54, 1.807) is 0 Å². The van der Waals surface area contributed by atoms with Gasteiger partial charge in [-0.05, 0) is 23.3 Å². The molecule has 2 nitrogen and oxygen atoms in total. The molecule has 20 heavy (non-hydrogen) atoms. The van der Waals surface area contributed by atoms with Crippen LogP contribution in [0.15, 0.2) is 0 Å². The van der Waals surface area contributed by atoms with Crippen molar-refractivity contribution in [2.75, 3.05) is 6.61 Å². The summed E-state index contributed by atoms with van der Waals surface area (Å²) in [5.74, 6) is 0.916. The fraction of sp³-hybridized carbons (Fsp3) is 1.00. The molecule has 0 aromatic rings. The van der Waals surface area contributed by atoms with Gasteiger partial charge in [-0.25, -0.2) is 0 Å². The van der Waals surface area contributed by atoms with Crippen molar-refractivity contribution in [2.45, 2.75) is 80.4 Å². The van der Waals surface area contributed by atoms with E-state index >= 15 is 0 Å². The molecule has 1 N–H and O–H groups in total. The number of aliphatic hydroxyl groups is 1. The highest BCUT2D eigenvalue weighted by atomic mass is 28.3. The van der Waals surface area contributed by atoms with Crippen LogP contribution in [0.5, 0.6) is 0 Å². The molecule has 0 aromatic heterocycles. The average molecular weight is 303 g/mol. The minimum absolute atomic E-state index is 0.00470. The summed E-state index contributed by atoms with van der Waals surface area (Å²) in [7, 11) is -1.11. The molecule has 0 amide bonds. The van der Waals surface area contributed by atoms with E-state index in [-0.39, 0.29) is 10.8 Å². The Morgan fingerprint density at radius 3 is 1.75 bits per heavy atom. The predicted octanol–water partition coefficient (Wildman–Crippen LogP) is 5.00. The van der Waals surface area contributed by atoms with Crippen LogP contribution >= 0.6 is 0 Å². The molecule has 0 aromatic carbocycles. The second-order valence-electron chi connectivity index (χ2n) is 9.10. The fourth-order valence-electron chi connectivity index (χ4n) is 2.62. The van der Waals surface area contributed by atoms with Crippen LogP contribution in [0.4, 0.5) is 0 Å². The maximum atomic E-state index is 10.7. The van der Waals surface area contributed by atoms with Crippen molar-refractivity contribution in [1.82, 2.24) is 0 Å². The Kier molecular flexibility index (Phi) is 6.98. The number of rotatable bonds is 7. The summed E-state index contributed by atoms with van der Waals surface area (Å²) in [6.45, 7) is 23.2. The maximum Gasteiger partial charge on any atom is 0.160 e. The number of ether oxygens (including phenoxy) is 1. The Labute approximate surface area is 128 Å². The topological polar surface area (TPSA) is 29.5 Å². The van der Waals surface area contributed by atoms with Gasteiger partial charge in [-0.3, -0.25) is 0 Å². The maximum absolute atomic E-state index is 10.7. The third kappa shape index (κ3) is 5.16. The second kappa shape index (κ2) is 6.93. The molecule has 0 aliphatic carbocycles. The van der Waals surface area contributed by atoms with Crippen molar-refractivity contribution in [3.05, 3.63) is 0 Å². The predicted molar refractivity (Wildman–Crippen MR) is 91.7 cm³/mol. The quantitative estimate of drug-likeness (QED) is 0.529. The fourth-order valence-corrected chi connectivity index (χ4v) is 3.35. The lowest BCUT2D eigenvalue weighted by molar-refractivity contribution is -0.223. The number of hydrogen-bond acceptors (Lipinski definition) is 2. The molecule has 0 fully saturated rings. The Hall–Kier alpha value is 0.137. The van der Waals surface area contributed by atoms with Crippen molar-refractivity contribution in [3.8, 4) is 0 Å². The first-order valence-electron chi connectivity index (χ1n) is 8.03. The monoisotopic (exact) mass is 302 g/mol. The van der Waals surface area contributed by atoms with Gasteiger partial charge < -0.3 is 9.84 Å². The summed E-state index contributed by atoms with van der Waals surface area (Å²) in [6.07, 6.45) is -0.698. The molecule has 122 valence electrons. The Morgan fingerprint density at radius 2 is 1.45 bits per heavy atom. The SMILES string of the molecule is CC(C)C(C)C(C)(C(O)OCC[Si](C)(C)C)C(C)(C)C. The lowest BCUT2D eigenvalue weighted by atomic mass is 9.58. The van der Waals surface area contributed by atoms with Crippen LogP contribution in [0.2, 0.25) is 25.7 Å². The summed E-state index contributed by atoms with van der Waals surface area (Å²) in [5, 5.41) is 10.7. The van der Waals surface area contributed by atoms with Crippen LogP contribution in [0.25, 0.3) is 0 Å². The molecule has 0 heterocycles. The smallest absolute Gasteiger partial charge is 0.160 e. The molecule has 3 heteroatoms. The van der Waals surface area contributed by atoms with Crippen molar-refractivity contribution in [2.24, 2.45) is 22.7 Å². The molecule has 0 aliphatic heterocycles. The molecule has 0 spiro atoms. The summed E-state index contributed by atoms with van der Waals surface area (Å²) in [4.78, 5) is 0. The van der Waals surface area contributed by atoms with E-state index in [1.165, 1.54) is 0 Å². The Morgan fingerprint density at radius 1 is 1.00 bits per heavy atom. The normalized spacial score (nSPS) is 19.8. The largest absolute Gasteiger partial charge is 0.367 e. The molecule has 0 radical (unpaired) electrons. The van der Waals surface area contributed by atoms with Crippen molar-refractivity contribution in [3.63, 3.8) is 0 Å². The zero-order valence-electron chi connectivity index (χ0n) is 15.5. The minimum atomic E-state index is -1.11. The highest BCUT2D eigenvalue weighted by Gasteiger charge is 2.49. The molecule has 0 aliphatic rings. The summed E-state index contributed by atoms with van der Waals surface area (Å²) >= 11 is 0. The van der Waals surface area contributed by atoms with E-state index in [9.17, 15) is 5.11 Å². The Balaban J connectivity index is 4.98. The van der Waals surface area contributed by atoms with Crippen LogP contribution in [0.1, 0.15) is 48.5 Å². The van der Waals surface area contributed by atoms with Crippen molar-refractivity contribution >= 4 is 8.07 Å². The highest BCUT2D eigenvalue weighted by Crippen LogP contribution is 2.50. The lowest BCUT2D eigenvalue weighted by Crippen LogP contribution is -2.51. The van der Waals surface area contributed by atoms with Gasteiger partial charge in [-0.1, -0.05) is 68.1 Å². The summed E-state index contributed by atoms with van der Waals surface area (Å²) in [6, 6.07) is 1.10. The van der Waals surface area contributed by atoms with E-state index in [1.807, 2.05) is 0 Å². The highest BCUT2D eigenvalue weighted by molar-refractivity contribution is 6.76. The first-order valence-corrected chi connectivity index (χ1v) is 11.7. The lowest BCUT2D eigenvalue weighted by Gasteiger charge is -2.50. The third-order valence-electron chi connectivity index (χ3n) is 5.20. The molecule has 0 saturated carbocycles. The minimum Gasteiger partial charge on any atom is -0.367 e. The van der Waals surface area contributed by atoms with Crippen LogP contribution < -0.4 is 0 Å². The third-order valence-corrected chi connectivity index (χ3v) is 6.91. The van der Waals surface area contributed by atoms with Gasteiger partial charge in [-0.2, -0.15) is 0 Å². The van der Waals surface area contributed by atoms with Crippen molar-refractivity contribution < 1.29 is 9.84 Å². The van der Waals surface area contributed by atoms with E-state index in [0.717, 1.165) is 6.04 Å². The van der Waals surface area contributed by atoms with Gasteiger partial charge in [-0.15, -0.1) is 0 Å². The van der Waals surface area contributed by atoms with Crippen LogP contribution in [-0.2, 0) is 4.74 Å². The van der Waals surface area contributed by atoms with Crippen LogP contribution in [-0.4, -0.2) is 26.1 Å². The molecule has 0 rings (SSSR count). The molecule has 3 atom stereocenters. The van der Waals surface area contributed by atoms with Gasteiger partial charge in [0, 0.05) is 20.1 Å². The average Bonchev–Trinajstić information content (AvgIpc) is 2.23. The van der Waals surface area contributed by atoms with Gasteiger partial charge in [0.2, 0.25) is 0 Å². The number of hydrogen-bond donors (Lipinski definition) is 1. The Bertz CT molecular complexity index is 288. The summed E-state index contributed by atoms with van der Waals surface area (Å²) in [5.41, 5.74) is -0.254. The molecule has 0 saturated heterocycles. The van der Waals surface area contributed by atoms with Gasteiger partial charge in [0.15, 0.2) is 6.29 Å². The summed E-state index contributed by atoms with van der Waals surface area (Å²) < 4.78 is 5.87. The van der Waals surface area contributed by atoms with Crippen LogP contribution in [0.3, 0.4) is 0 Å². The zero-order chi connectivity index (χ0) is 16.4. The van der Waals surface area contributed by atoms with Crippen LogP contribution in [0, 0.1) is 22.7 Å². The van der Waals surface area contributed by atoms with E-state index in [4.69, 9.17) is 4.74 Å². The first-order chi connectivity index (χ1) is 8.73. The standard InChI is InChI=1S/C17H38O2Si/c1-13(2)14(3)17(7,16(4,5)6)15(18)19-11-12-20(8,9)10/h13-15,18H,11-12H2,1-10H3. The zero-order valence-corrected chi connectivity index (χ0v) is 16.5. The first kappa shape index (κ1) is 20.1. The molecule has 3 unspecified atom stereocenters. The number of aliphatic hydroxyl groups excluding tert-OH is 1. The van der Waals surface area contributed by atoms with Gasteiger partial charge in [0.1, 0.15) is 0 Å².